The van der Waals surface area contributed by atoms with Gasteiger partial charge in [0.25, 0.3) is 0 Å². The van der Waals surface area contributed by atoms with E-state index in [2.05, 4.69) is 58.9 Å². The van der Waals surface area contributed by atoms with Gasteiger partial charge in [0.2, 0.25) is 0 Å². The van der Waals surface area contributed by atoms with Crippen LogP contribution in [-0.4, -0.2) is 23.5 Å². The van der Waals surface area contributed by atoms with E-state index in [0.717, 1.165) is 23.9 Å². The molecular weight excluding hydrogens is 276 g/mol. The molecule has 1 saturated heterocycles. The average molecular weight is 297 g/mol. The zero-order valence-corrected chi connectivity index (χ0v) is 12.2. The highest BCUT2D eigenvalue weighted by atomic mass is 79.9. The summed E-state index contributed by atoms with van der Waals surface area (Å²) in [5.41, 5.74) is 7.39. The van der Waals surface area contributed by atoms with Crippen LogP contribution in [0.15, 0.2) is 28.7 Å². The van der Waals surface area contributed by atoms with Gasteiger partial charge in [0.05, 0.1) is 0 Å². The molecule has 94 valence electrons. The molecule has 2 rings (SSSR count). The largest absolute Gasteiger partial charge is 0.328 e. The van der Waals surface area contributed by atoms with Crippen LogP contribution in [0.4, 0.5) is 0 Å². The first-order chi connectivity index (χ1) is 8.08. The van der Waals surface area contributed by atoms with E-state index >= 15 is 0 Å². The van der Waals surface area contributed by atoms with Gasteiger partial charge < -0.3 is 5.73 Å². The highest BCUT2D eigenvalue weighted by molar-refractivity contribution is 9.10. The Morgan fingerprint density at radius 1 is 1.47 bits per heavy atom. The molecule has 0 saturated carbocycles. The third kappa shape index (κ3) is 3.09. The number of hydrogen-bond acceptors (Lipinski definition) is 2. The number of hydrogen-bond donors (Lipinski definition) is 1. The van der Waals surface area contributed by atoms with E-state index in [1.807, 2.05) is 0 Å². The second-order valence-electron chi connectivity index (χ2n) is 5.10. The van der Waals surface area contributed by atoms with Crippen molar-refractivity contribution >= 4 is 15.9 Å². The normalized spacial score (nSPS) is 28.0. The molecule has 3 heteroatoms. The zero-order valence-electron chi connectivity index (χ0n) is 10.6. The lowest BCUT2D eigenvalue weighted by Crippen LogP contribution is -2.46. The molecule has 0 amide bonds. The topological polar surface area (TPSA) is 29.3 Å². The summed E-state index contributed by atoms with van der Waals surface area (Å²) in [5.74, 6) is 0. The smallest absolute Gasteiger partial charge is 0.0323 e. The predicted octanol–water partition coefficient (Wildman–Crippen LogP) is 3.32. The average Bonchev–Trinajstić information content (AvgIpc) is 2.28. The third-order valence-electron chi connectivity index (χ3n) is 3.80. The molecule has 0 aliphatic carbocycles. The number of halogens is 1. The molecule has 0 bridgehead atoms. The number of likely N-dealkylation sites (tertiary alicyclic amines) is 1. The van der Waals surface area contributed by atoms with Gasteiger partial charge in [0.15, 0.2) is 0 Å². The molecule has 1 aliphatic heterocycles. The van der Waals surface area contributed by atoms with Gasteiger partial charge >= 0.3 is 0 Å². The van der Waals surface area contributed by atoms with Crippen LogP contribution >= 0.6 is 15.9 Å². The van der Waals surface area contributed by atoms with Crippen LogP contribution in [0.1, 0.15) is 38.3 Å². The summed E-state index contributed by atoms with van der Waals surface area (Å²) >= 11 is 3.54. The van der Waals surface area contributed by atoms with Crippen molar-refractivity contribution in [3.8, 4) is 0 Å². The van der Waals surface area contributed by atoms with E-state index in [0.29, 0.717) is 18.1 Å². The quantitative estimate of drug-likeness (QED) is 0.907. The fourth-order valence-corrected chi connectivity index (χ4v) is 3.18. The fraction of sp³-hybridized carbons (Fsp3) is 0.571. The second kappa shape index (κ2) is 5.51. The Bertz CT molecular complexity index is 380. The Labute approximate surface area is 112 Å². The highest BCUT2D eigenvalue weighted by Gasteiger charge is 2.27. The van der Waals surface area contributed by atoms with E-state index < -0.39 is 0 Å². The Balaban J connectivity index is 2.12. The summed E-state index contributed by atoms with van der Waals surface area (Å²) < 4.78 is 1.16. The summed E-state index contributed by atoms with van der Waals surface area (Å²) in [6, 6.07) is 10.0. The zero-order chi connectivity index (χ0) is 12.4. The van der Waals surface area contributed by atoms with Crippen molar-refractivity contribution < 1.29 is 0 Å². The Morgan fingerprint density at radius 2 is 2.24 bits per heavy atom. The van der Waals surface area contributed by atoms with Gasteiger partial charge in [-0.15, -0.1) is 0 Å². The fourth-order valence-electron chi connectivity index (χ4n) is 2.76. The van der Waals surface area contributed by atoms with Gasteiger partial charge in [-0.05, 0) is 44.4 Å². The van der Waals surface area contributed by atoms with E-state index in [4.69, 9.17) is 5.73 Å². The minimum absolute atomic E-state index is 0.385. The molecule has 3 atom stereocenters. The maximum atomic E-state index is 6.02. The van der Waals surface area contributed by atoms with E-state index in [1.54, 1.807) is 0 Å². The minimum atomic E-state index is 0.385. The molecule has 2 nitrogen and oxygen atoms in total. The van der Waals surface area contributed by atoms with Crippen molar-refractivity contribution in [3.63, 3.8) is 0 Å². The van der Waals surface area contributed by atoms with E-state index in [9.17, 15) is 0 Å². The summed E-state index contributed by atoms with van der Waals surface area (Å²) in [5, 5.41) is 0. The third-order valence-corrected chi connectivity index (χ3v) is 4.29. The van der Waals surface area contributed by atoms with Crippen LogP contribution in [0.2, 0.25) is 0 Å². The Hall–Kier alpha value is -0.380. The number of rotatable bonds is 2. The van der Waals surface area contributed by atoms with Gasteiger partial charge in [-0.1, -0.05) is 28.1 Å². The Kier molecular flexibility index (Phi) is 4.23. The van der Waals surface area contributed by atoms with Crippen LogP contribution in [0.3, 0.4) is 0 Å². The van der Waals surface area contributed by atoms with Crippen molar-refractivity contribution in [2.45, 2.75) is 44.8 Å². The van der Waals surface area contributed by atoms with Crippen molar-refractivity contribution in [1.82, 2.24) is 4.90 Å². The monoisotopic (exact) mass is 296 g/mol. The first kappa shape index (κ1) is 13.1. The summed E-state index contributed by atoms with van der Waals surface area (Å²) in [4.78, 5) is 2.56. The summed E-state index contributed by atoms with van der Waals surface area (Å²) in [6.45, 7) is 5.68. The molecule has 0 aromatic heterocycles. The van der Waals surface area contributed by atoms with Crippen molar-refractivity contribution in [2.24, 2.45) is 5.73 Å². The first-order valence-corrected chi connectivity index (χ1v) is 7.14. The van der Waals surface area contributed by atoms with Gasteiger partial charge in [0.1, 0.15) is 0 Å². The van der Waals surface area contributed by atoms with Crippen molar-refractivity contribution in [3.05, 3.63) is 34.3 Å². The molecule has 1 heterocycles. The molecule has 1 fully saturated rings. The highest BCUT2D eigenvalue weighted by Crippen LogP contribution is 2.28. The van der Waals surface area contributed by atoms with Crippen LogP contribution in [0.5, 0.6) is 0 Å². The number of nitrogens with zero attached hydrogens (tertiary/aromatic N) is 1. The van der Waals surface area contributed by atoms with Gasteiger partial charge in [-0.3, -0.25) is 4.90 Å². The lowest BCUT2D eigenvalue weighted by atomic mass is 9.95. The maximum absolute atomic E-state index is 6.02. The van der Waals surface area contributed by atoms with Crippen LogP contribution in [-0.2, 0) is 0 Å². The predicted molar refractivity (Wildman–Crippen MR) is 75.9 cm³/mol. The van der Waals surface area contributed by atoms with Crippen LogP contribution in [0, 0.1) is 0 Å². The van der Waals surface area contributed by atoms with E-state index in [-0.39, 0.29) is 0 Å². The van der Waals surface area contributed by atoms with Crippen LogP contribution in [0.25, 0.3) is 0 Å². The SMILES string of the molecule is CC1CC(N)CCN1C(C)c1cccc(Br)c1. The molecule has 0 spiro atoms. The molecule has 1 aromatic carbocycles. The van der Waals surface area contributed by atoms with Gasteiger partial charge in [0, 0.05) is 29.1 Å². The lowest BCUT2D eigenvalue weighted by Gasteiger charge is -2.40. The molecule has 1 aromatic rings. The van der Waals surface area contributed by atoms with Crippen molar-refractivity contribution in [2.75, 3.05) is 6.54 Å². The maximum Gasteiger partial charge on any atom is 0.0323 e. The summed E-state index contributed by atoms with van der Waals surface area (Å²) in [7, 11) is 0. The first-order valence-electron chi connectivity index (χ1n) is 6.34. The van der Waals surface area contributed by atoms with Gasteiger partial charge in [-0.2, -0.15) is 0 Å². The molecule has 17 heavy (non-hydrogen) atoms. The molecular formula is C14H21BrN2. The number of benzene rings is 1. The Morgan fingerprint density at radius 3 is 2.88 bits per heavy atom. The summed E-state index contributed by atoms with van der Waals surface area (Å²) in [6.07, 6.45) is 2.22. The van der Waals surface area contributed by atoms with Gasteiger partial charge in [-0.25, -0.2) is 0 Å². The molecule has 1 aliphatic rings. The second-order valence-corrected chi connectivity index (χ2v) is 6.02. The molecule has 3 unspecified atom stereocenters. The van der Waals surface area contributed by atoms with E-state index in [1.165, 1.54) is 5.56 Å². The number of piperidine rings is 1. The molecule has 2 N–H and O–H groups in total. The van der Waals surface area contributed by atoms with Crippen LogP contribution < -0.4 is 5.73 Å². The molecule has 0 radical (unpaired) electrons. The standard InChI is InChI=1S/C14H21BrN2/c1-10-8-14(16)6-7-17(10)11(2)12-4-3-5-13(15)9-12/h3-5,9-11,14H,6-8,16H2,1-2H3. The van der Waals surface area contributed by atoms with Crippen molar-refractivity contribution in [1.29, 1.82) is 0 Å². The number of nitrogens with two attached hydrogens (primary N) is 1. The minimum Gasteiger partial charge on any atom is -0.328 e. The lowest BCUT2D eigenvalue weighted by molar-refractivity contribution is 0.104.